The molecule has 1 aromatic heterocycles. The summed E-state index contributed by atoms with van der Waals surface area (Å²) in [5, 5.41) is 0. The minimum absolute atomic E-state index is 0.0576. The first-order chi connectivity index (χ1) is 16.2. The van der Waals surface area contributed by atoms with E-state index in [4.69, 9.17) is 4.98 Å². The number of para-hydroxylation sites is 2. The monoisotopic (exact) mass is 447 g/mol. The maximum Gasteiger partial charge on any atom is 0.166 e. The Bertz CT molecular complexity index is 1080. The van der Waals surface area contributed by atoms with E-state index in [0.29, 0.717) is 11.5 Å². The van der Waals surface area contributed by atoms with Gasteiger partial charge in [0.25, 0.3) is 0 Å². The van der Waals surface area contributed by atoms with Crippen LogP contribution in [0.2, 0.25) is 0 Å². The van der Waals surface area contributed by atoms with Crippen molar-refractivity contribution in [3.8, 4) is 0 Å². The van der Waals surface area contributed by atoms with E-state index in [9.17, 15) is 9.18 Å². The smallest absolute Gasteiger partial charge is 0.166 e. The second-order valence-corrected chi connectivity index (χ2v) is 9.79. The van der Waals surface area contributed by atoms with E-state index in [1.165, 1.54) is 55.6 Å². The van der Waals surface area contributed by atoms with Gasteiger partial charge >= 0.3 is 0 Å². The number of nitrogens with zero attached hydrogens (tertiary/aromatic N) is 3. The van der Waals surface area contributed by atoms with Gasteiger partial charge in [0.2, 0.25) is 0 Å². The highest BCUT2D eigenvalue weighted by Gasteiger charge is 2.26. The van der Waals surface area contributed by atoms with E-state index in [1.807, 2.05) is 0 Å². The maximum atomic E-state index is 13.2. The van der Waals surface area contributed by atoms with Crippen LogP contribution in [0.1, 0.15) is 73.5 Å². The van der Waals surface area contributed by atoms with Gasteiger partial charge in [-0.25, -0.2) is 9.37 Å². The second kappa shape index (κ2) is 10.2. The highest BCUT2D eigenvalue weighted by molar-refractivity contribution is 5.97. The summed E-state index contributed by atoms with van der Waals surface area (Å²) in [4.78, 5) is 20.3. The van der Waals surface area contributed by atoms with Crippen LogP contribution in [0.15, 0.2) is 48.5 Å². The number of rotatable bonds is 7. The molecule has 1 aliphatic carbocycles. The van der Waals surface area contributed by atoms with Crippen molar-refractivity contribution in [1.29, 1.82) is 0 Å². The molecule has 2 fully saturated rings. The van der Waals surface area contributed by atoms with Crippen LogP contribution in [-0.4, -0.2) is 39.9 Å². The molecule has 5 heteroatoms. The van der Waals surface area contributed by atoms with Crippen LogP contribution in [0.5, 0.6) is 0 Å². The molecule has 0 spiro atoms. The molecule has 1 saturated heterocycles. The number of piperidine rings is 1. The summed E-state index contributed by atoms with van der Waals surface area (Å²) in [5.74, 6) is 1.82. The molecule has 2 aromatic carbocycles. The molecule has 33 heavy (non-hydrogen) atoms. The molecule has 5 rings (SSSR count). The minimum atomic E-state index is -0.293. The number of halogens is 1. The third-order valence-electron chi connectivity index (χ3n) is 7.60. The fourth-order valence-electron chi connectivity index (χ4n) is 5.72. The molecule has 174 valence electrons. The molecule has 2 heterocycles. The summed E-state index contributed by atoms with van der Waals surface area (Å²) < 4.78 is 15.6. The van der Waals surface area contributed by atoms with Gasteiger partial charge in [0.05, 0.1) is 11.0 Å². The summed E-state index contributed by atoms with van der Waals surface area (Å²) >= 11 is 0. The van der Waals surface area contributed by atoms with Crippen molar-refractivity contribution in [1.82, 2.24) is 14.5 Å². The number of aryl methyl sites for hydroxylation is 1. The molecular weight excluding hydrogens is 413 g/mol. The average Bonchev–Trinajstić information content (AvgIpc) is 3.24. The van der Waals surface area contributed by atoms with Crippen LogP contribution in [0.25, 0.3) is 11.0 Å². The normalized spacial score (nSPS) is 18.7. The summed E-state index contributed by atoms with van der Waals surface area (Å²) in [6.07, 6.45) is 9.39. The van der Waals surface area contributed by atoms with Crippen LogP contribution < -0.4 is 0 Å². The summed E-state index contributed by atoms with van der Waals surface area (Å²) in [6.45, 7) is 3.96. The molecule has 1 saturated carbocycles. The highest BCUT2D eigenvalue weighted by Crippen LogP contribution is 2.34. The van der Waals surface area contributed by atoms with Crippen LogP contribution >= 0.6 is 0 Å². The Balaban J connectivity index is 1.17. The SMILES string of the molecule is O=C(c1ccc(F)cc1)C1CCN(CCCn2c(C3CCCCC3)nc3ccccc32)CC1. The number of fused-ring (bicyclic) bond motifs is 1. The molecule has 0 radical (unpaired) electrons. The Labute approximate surface area is 195 Å². The fraction of sp³-hybridized carbons (Fsp3) is 0.500. The Morgan fingerprint density at radius 3 is 2.39 bits per heavy atom. The zero-order valence-corrected chi connectivity index (χ0v) is 19.4. The van der Waals surface area contributed by atoms with Crippen molar-refractivity contribution in [3.05, 3.63) is 65.7 Å². The summed E-state index contributed by atoms with van der Waals surface area (Å²) in [6, 6.07) is 14.5. The van der Waals surface area contributed by atoms with Gasteiger partial charge in [0, 0.05) is 23.9 Å². The first-order valence-electron chi connectivity index (χ1n) is 12.7. The number of Topliss-reactive ketones (excluding diaryl/α,β-unsaturated/α-hetero) is 1. The van der Waals surface area contributed by atoms with Crippen LogP contribution in [0.4, 0.5) is 4.39 Å². The van der Waals surface area contributed by atoms with Gasteiger partial charge < -0.3 is 9.47 Å². The average molecular weight is 448 g/mol. The Morgan fingerprint density at radius 1 is 0.909 bits per heavy atom. The van der Waals surface area contributed by atoms with Gasteiger partial charge in [-0.05, 0) is 88.1 Å². The number of hydrogen-bond donors (Lipinski definition) is 0. The van der Waals surface area contributed by atoms with Gasteiger partial charge in [-0.1, -0.05) is 31.4 Å². The number of benzene rings is 2. The third-order valence-corrected chi connectivity index (χ3v) is 7.60. The predicted octanol–water partition coefficient (Wildman–Crippen LogP) is 6.21. The van der Waals surface area contributed by atoms with E-state index >= 15 is 0 Å². The van der Waals surface area contributed by atoms with E-state index in [-0.39, 0.29) is 17.5 Å². The summed E-state index contributed by atoms with van der Waals surface area (Å²) in [5.41, 5.74) is 3.02. The lowest BCUT2D eigenvalue weighted by Gasteiger charge is -2.31. The van der Waals surface area contributed by atoms with Crippen molar-refractivity contribution < 1.29 is 9.18 Å². The van der Waals surface area contributed by atoms with Gasteiger partial charge in [0.1, 0.15) is 11.6 Å². The first-order valence-corrected chi connectivity index (χ1v) is 12.7. The number of imidazole rings is 1. The van der Waals surface area contributed by atoms with Crippen LogP contribution in [-0.2, 0) is 6.54 Å². The second-order valence-electron chi connectivity index (χ2n) is 9.79. The molecule has 1 aliphatic heterocycles. The number of hydrogen-bond acceptors (Lipinski definition) is 3. The Morgan fingerprint density at radius 2 is 1.64 bits per heavy atom. The first kappa shape index (κ1) is 22.3. The van der Waals surface area contributed by atoms with E-state index in [1.54, 1.807) is 12.1 Å². The van der Waals surface area contributed by atoms with Gasteiger partial charge in [-0.2, -0.15) is 0 Å². The lowest BCUT2D eigenvalue weighted by atomic mass is 9.88. The molecule has 0 bridgehead atoms. The van der Waals surface area contributed by atoms with Gasteiger partial charge in [-0.3, -0.25) is 4.79 Å². The molecule has 2 aliphatic rings. The standard InChI is InChI=1S/C28H34FN3O/c29-24-13-11-21(12-14-24)27(33)22-15-19-31(20-16-22)17-6-18-32-26-10-5-4-9-25(26)30-28(32)23-7-2-1-3-8-23/h4-5,9-14,22-23H,1-3,6-8,15-20H2. The number of likely N-dealkylation sites (tertiary alicyclic amines) is 1. The zero-order chi connectivity index (χ0) is 22.6. The number of ketones is 1. The fourth-order valence-corrected chi connectivity index (χ4v) is 5.72. The topological polar surface area (TPSA) is 38.1 Å². The van der Waals surface area contributed by atoms with Crippen molar-refractivity contribution in [2.75, 3.05) is 19.6 Å². The zero-order valence-electron chi connectivity index (χ0n) is 19.4. The maximum absolute atomic E-state index is 13.2. The molecule has 0 N–H and O–H groups in total. The van der Waals surface area contributed by atoms with Crippen molar-refractivity contribution in [2.45, 2.75) is 63.8 Å². The molecular formula is C28H34FN3O. The molecule has 0 atom stereocenters. The number of carbonyl (C=O) groups is 1. The Hall–Kier alpha value is -2.53. The quantitative estimate of drug-likeness (QED) is 0.404. The highest BCUT2D eigenvalue weighted by atomic mass is 19.1. The number of carbonyl (C=O) groups excluding carboxylic acids is 1. The van der Waals surface area contributed by atoms with E-state index < -0.39 is 0 Å². The van der Waals surface area contributed by atoms with Crippen molar-refractivity contribution in [3.63, 3.8) is 0 Å². The lowest BCUT2D eigenvalue weighted by Crippen LogP contribution is -2.37. The molecule has 4 nitrogen and oxygen atoms in total. The minimum Gasteiger partial charge on any atom is -0.328 e. The van der Waals surface area contributed by atoms with E-state index in [2.05, 4.69) is 33.7 Å². The summed E-state index contributed by atoms with van der Waals surface area (Å²) in [7, 11) is 0. The van der Waals surface area contributed by atoms with Crippen LogP contribution in [0.3, 0.4) is 0 Å². The van der Waals surface area contributed by atoms with Crippen molar-refractivity contribution in [2.24, 2.45) is 5.92 Å². The Kier molecular flexibility index (Phi) is 6.86. The molecule has 0 unspecified atom stereocenters. The molecule has 0 amide bonds. The van der Waals surface area contributed by atoms with Crippen molar-refractivity contribution >= 4 is 16.8 Å². The molecule has 3 aromatic rings. The number of aromatic nitrogens is 2. The third kappa shape index (κ3) is 5.03. The van der Waals surface area contributed by atoms with Crippen LogP contribution in [0, 0.1) is 11.7 Å². The van der Waals surface area contributed by atoms with E-state index in [0.717, 1.165) is 51.0 Å². The predicted molar refractivity (Wildman–Crippen MR) is 130 cm³/mol. The van der Waals surface area contributed by atoms with Gasteiger partial charge in [-0.15, -0.1) is 0 Å². The lowest BCUT2D eigenvalue weighted by molar-refractivity contribution is 0.0838. The largest absolute Gasteiger partial charge is 0.328 e. The van der Waals surface area contributed by atoms with Gasteiger partial charge in [0.15, 0.2) is 5.78 Å².